The van der Waals surface area contributed by atoms with Crippen LogP contribution >= 0.6 is 11.6 Å². The molecule has 1 saturated carbocycles. The van der Waals surface area contributed by atoms with Crippen molar-refractivity contribution in [1.82, 2.24) is 9.80 Å². The Morgan fingerprint density at radius 3 is 2.36 bits per heavy atom. The minimum absolute atomic E-state index is 0.0472. The van der Waals surface area contributed by atoms with Crippen molar-refractivity contribution >= 4 is 38.9 Å². The smallest absolute Gasteiger partial charge is 0.243 e. The van der Waals surface area contributed by atoms with E-state index in [2.05, 4.69) is 10.2 Å². The lowest BCUT2D eigenvalue weighted by molar-refractivity contribution is -0.129. The number of anilines is 1. The standard InChI is InChI=1S/C26H30ClN3O5S/c1-29(2)24(32)26(9-10-26)36(33,34)20-6-4-19(5-7-20)35-16-15-30-13-11-25(12-14-30)21-17-18(27)3-8-22(21)28-23(25)31/h3-8,17H,9-16H2,1-2H3,(H,28,31). The van der Waals surface area contributed by atoms with E-state index in [9.17, 15) is 18.0 Å². The number of likely N-dealkylation sites (tertiary alicyclic amines) is 1. The SMILES string of the molecule is CN(C)C(=O)C1(S(=O)(=O)c2ccc(OCCN3CCC4(CC3)C(=O)Nc3ccc(Cl)cc34)cc2)CC1. The van der Waals surface area contributed by atoms with Gasteiger partial charge in [-0.15, -0.1) is 0 Å². The van der Waals surface area contributed by atoms with Crippen molar-refractivity contribution in [2.24, 2.45) is 0 Å². The lowest BCUT2D eigenvalue weighted by atomic mass is 9.73. The molecule has 192 valence electrons. The average Bonchev–Trinajstić information content (AvgIpc) is 3.64. The van der Waals surface area contributed by atoms with Gasteiger partial charge < -0.3 is 15.0 Å². The predicted octanol–water partition coefficient (Wildman–Crippen LogP) is 3.10. The zero-order valence-electron chi connectivity index (χ0n) is 20.4. The number of carbonyl (C=O) groups excluding carboxylic acids is 2. The summed E-state index contributed by atoms with van der Waals surface area (Å²) < 4.78 is 30.7. The molecule has 36 heavy (non-hydrogen) atoms. The molecule has 0 bridgehead atoms. The number of halogens is 1. The molecule has 2 aromatic carbocycles. The van der Waals surface area contributed by atoms with E-state index in [1.807, 2.05) is 12.1 Å². The molecule has 1 aliphatic carbocycles. The van der Waals surface area contributed by atoms with Crippen molar-refractivity contribution in [3.8, 4) is 5.75 Å². The Kier molecular flexibility index (Phi) is 6.29. The fraction of sp³-hybridized carbons (Fsp3) is 0.462. The zero-order chi connectivity index (χ0) is 25.7. The van der Waals surface area contributed by atoms with Crippen LogP contribution < -0.4 is 10.1 Å². The minimum Gasteiger partial charge on any atom is -0.492 e. The number of amides is 2. The van der Waals surface area contributed by atoms with Crippen LogP contribution in [0.25, 0.3) is 0 Å². The number of hydrogen-bond donors (Lipinski definition) is 1. The summed E-state index contributed by atoms with van der Waals surface area (Å²) in [7, 11) is -0.607. The van der Waals surface area contributed by atoms with Gasteiger partial charge in [-0.2, -0.15) is 0 Å². The van der Waals surface area contributed by atoms with Crippen molar-refractivity contribution in [3.05, 3.63) is 53.1 Å². The highest BCUT2D eigenvalue weighted by atomic mass is 35.5. The maximum Gasteiger partial charge on any atom is 0.243 e. The third kappa shape index (κ3) is 4.07. The van der Waals surface area contributed by atoms with Crippen molar-refractivity contribution in [2.75, 3.05) is 45.7 Å². The first-order valence-corrected chi connectivity index (χ1v) is 14.0. The summed E-state index contributed by atoms with van der Waals surface area (Å²) in [6.45, 7) is 2.67. The highest BCUT2D eigenvalue weighted by Crippen LogP contribution is 2.48. The third-order valence-corrected chi connectivity index (χ3v) is 10.5. The van der Waals surface area contributed by atoms with Gasteiger partial charge in [0.15, 0.2) is 14.6 Å². The van der Waals surface area contributed by atoms with Crippen LogP contribution in [0.3, 0.4) is 0 Å². The van der Waals surface area contributed by atoms with E-state index < -0.39 is 20.0 Å². The number of benzene rings is 2. The lowest BCUT2D eigenvalue weighted by Crippen LogP contribution is -2.47. The Morgan fingerprint density at radius 1 is 1.08 bits per heavy atom. The molecule has 8 nitrogen and oxygen atoms in total. The molecule has 0 atom stereocenters. The normalized spacial score (nSPS) is 20.0. The van der Waals surface area contributed by atoms with Crippen LogP contribution in [-0.4, -0.2) is 75.1 Å². The number of fused-ring (bicyclic) bond motifs is 2. The molecule has 0 aromatic heterocycles. The van der Waals surface area contributed by atoms with Gasteiger partial charge in [0, 0.05) is 31.4 Å². The molecule has 2 amide bonds. The van der Waals surface area contributed by atoms with Crippen LogP contribution in [0.5, 0.6) is 5.75 Å². The summed E-state index contributed by atoms with van der Waals surface area (Å²) in [6, 6.07) is 11.9. The van der Waals surface area contributed by atoms with Gasteiger partial charge in [-0.25, -0.2) is 8.42 Å². The quantitative estimate of drug-likeness (QED) is 0.590. The van der Waals surface area contributed by atoms with Crippen LogP contribution in [0.4, 0.5) is 5.69 Å². The molecule has 0 radical (unpaired) electrons. The molecule has 10 heteroatoms. The highest BCUT2D eigenvalue weighted by Gasteiger charge is 2.61. The summed E-state index contributed by atoms with van der Waals surface area (Å²) in [6.07, 6.45) is 2.13. The van der Waals surface area contributed by atoms with Crippen LogP contribution in [-0.2, 0) is 24.8 Å². The van der Waals surface area contributed by atoms with Gasteiger partial charge in [0.05, 0.1) is 10.3 Å². The second kappa shape index (κ2) is 9.04. The Hall–Kier alpha value is -2.62. The number of nitrogens with one attached hydrogen (secondary N) is 1. The molecule has 1 N–H and O–H groups in total. The predicted molar refractivity (Wildman–Crippen MR) is 137 cm³/mol. The minimum atomic E-state index is -3.76. The monoisotopic (exact) mass is 531 g/mol. The Bertz CT molecular complexity index is 1300. The van der Waals surface area contributed by atoms with Gasteiger partial charge in [0.1, 0.15) is 12.4 Å². The van der Waals surface area contributed by atoms with Crippen LogP contribution in [0, 0.1) is 0 Å². The molecule has 2 aliphatic heterocycles. The Labute approximate surface area is 216 Å². The average molecular weight is 532 g/mol. The number of rotatable bonds is 7. The number of ether oxygens (including phenoxy) is 1. The lowest BCUT2D eigenvalue weighted by Gasteiger charge is -2.37. The topological polar surface area (TPSA) is 96.0 Å². The summed E-state index contributed by atoms with van der Waals surface area (Å²) in [5.74, 6) is 0.253. The fourth-order valence-electron chi connectivity index (χ4n) is 5.39. The molecular weight excluding hydrogens is 502 g/mol. The van der Waals surface area contributed by atoms with E-state index in [1.165, 1.54) is 17.0 Å². The largest absolute Gasteiger partial charge is 0.492 e. The number of carbonyl (C=O) groups is 2. The van der Waals surface area contributed by atoms with Gasteiger partial charge in [-0.3, -0.25) is 14.5 Å². The van der Waals surface area contributed by atoms with Crippen molar-refractivity contribution in [1.29, 1.82) is 0 Å². The maximum atomic E-state index is 13.1. The number of hydrogen-bond acceptors (Lipinski definition) is 6. The van der Waals surface area contributed by atoms with Crippen LogP contribution in [0.1, 0.15) is 31.2 Å². The summed E-state index contributed by atoms with van der Waals surface area (Å²) in [4.78, 5) is 29.0. The summed E-state index contributed by atoms with van der Waals surface area (Å²) in [5, 5.41) is 3.63. The fourth-order valence-corrected chi connectivity index (χ4v) is 7.56. The van der Waals surface area contributed by atoms with Gasteiger partial charge >= 0.3 is 0 Å². The molecule has 1 saturated heterocycles. The molecule has 0 unspecified atom stereocenters. The second-order valence-electron chi connectivity index (χ2n) is 10.1. The molecule has 5 rings (SSSR count). The summed E-state index contributed by atoms with van der Waals surface area (Å²) >= 11 is 6.20. The molecule has 2 aromatic rings. The Morgan fingerprint density at radius 2 is 1.75 bits per heavy atom. The number of sulfone groups is 1. The molecular formula is C26H30ClN3O5S. The van der Waals surface area contributed by atoms with E-state index >= 15 is 0 Å². The van der Waals surface area contributed by atoms with Gasteiger partial charge in [-0.1, -0.05) is 11.6 Å². The second-order valence-corrected chi connectivity index (χ2v) is 12.8. The van der Waals surface area contributed by atoms with E-state index in [0.717, 1.165) is 24.3 Å². The van der Waals surface area contributed by atoms with Crippen molar-refractivity contribution in [3.63, 3.8) is 0 Å². The van der Waals surface area contributed by atoms with Crippen LogP contribution in [0.2, 0.25) is 5.02 Å². The first-order valence-electron chi connectivity index (χ1n) is 12.1. The van der Waals surface area contributed by atoms with Crippen molar-refractivity contribution in [2.45, 2.75) is 40.7 Å². The van der Waals surface area contributed by atoms with Crippen molar-refractivity contribution < 1.29 is 22.7 Å². The van der Waals surface area contributed by atoms with Gasteiger partial charge in [-0.05, 0) is 86.8 Å². The molecule has 2 fully saturated rings. The number of nitrogens with zero attached hydrogens (tertiary/aromatic N) is 2. The third-order valence-electron chi connectivity index (χ3n) is 7.71. The van der Waals surface area contributed by atoms with E-state index in [0.29, 0.717) is 49.6 Å². The summed E-state index contributed by atoms with van der Waals surface area (Å²) in [5.41, 5.74) is 1.32. The van der Waals surface area contributed by atoms with Crippen LogP contribution in [0.15, 0.2) is 47.4 Å². The van der Waals surface area contributed by atoms with E-state index in [-0.39, 0.29) is 16.7 Å². The van der Waals surface area contributed by atoms with Gasteiger partial charge in [0.2, 0.25) is 11.8 Å². The van der Waals surface area contributed by atoms with E-state index in [1.54, 1.807) is 32.3 Å². The highest BCUT2D eigenvalue weighted by molar-refractivity contribution is 7.94. The first kappa shape index (κ1) is 25.0. The maximum absolute atomic E-state index is 13.1. The molecule has 1 spiro atoms. The van der Waals surface area contributed by atoms with E-state index in [4.69, 9.17) is 16.3 Å². The Balaban J connectivity index is 1.15. The van der Waals surface area contributed by atoms with Gasteiger partial charge in [0.25, 0.3) is 0 Å². The first-order chi connectivity index (χ1) is 17.1. The zero-order valence-corrected chi connectivity index (χ0v) is 22.0. The molecule has 3 aliphatic rings. The molecule has 2 heterocycles. The number of piperidine rings is 1.